The first kappa shape index (κ1) is 18.0. The van der Waals surface area contributed by atoms with Crippen LogP contribution in [0, 0.1) is 6.92 Å². The minimum absolute atomic E-state index is 0.315. The van der Waals surface area contributed by atoms with Crippen LogP contribution in [0.15, 0.2) is 30.3 Å². The lowest BCUT2D eigenvalue weighted by molar-refractivity contribution is 0.0600. The summed E-state index contributed by atoms with van der Waals surface area (Å²) < 4.78 is 10.1. The molecule has 0 unspecified atom stereocenters. The third kappa shape index (κ3) is 4.23. The average molecular weight is 356 g/mol. The van der Waals surface area contributed by atoms with E-state index in [2.05, 4.69) is 15.6 Å². The number of ether oxygens (including phenoxy) is 2. The molecule has 0 spiro atoms. The molecule has 1 aromatic carbocycles. The van der Waals surface area contributed by atoms with Gasteiger partial charge in [-0.15, -0.1) is 0 Å². The van der Waals surface area contributed by atoms with Crippen molar-refractivity contribution in [2.45, 2.75) is 25.8 Å². The Balaban J connectivity index is 1.75. The number of carbonyl (C=O) groups excluding carboxylic acids is 1. The van der Waals surface area contributed by atoms with Gasteiger partial charge in [-0.1, -0.05) is 0 Å². The molecule has 2 heterocycles. The molecule has 26 heavy (non-hydrogen) atoms. The average Bonchev–Trinajstić information content (AvgIpc) is 2.66. The molecule has 3 rings (SSSR count). The van der Waals surface area contributed by atoms with Crippen LogP contribution >= 0.6 is 0 Å². The van der Waals surface area contributed by atoms with Crippen molar-refractivity contribution in [3.05, 3.63) is 41.5 Å². The highest BCUT2D eigenvalue weighted by Crippen LogP contribution is 2.25. The van der Waals surface area contributed by atoms with Gasteiger partial charge in [-0.3, -0.25) is 0 Å². The molecular weight excluding hydrogens is 332 g/mol. The summed E-state index contributed by atoms with van der Waals surface area (Å²) in [4.78, 5) is 16.2. The Kier molecular flexibility index (Phi) is 5.58. The van der Waals surface area contributed by atoms with Crippen LogP contribution in [0.4, 0.5) is 23.0 Å². The number of hydrogen-bond acceptors (Lipinski definition) is 7. The minimum atomic E-state index is -0.354. The Bertz CT molecular complexity index is 788. The van der Waals surface area contributed by atoms with Gasteiger partial charge in [-0.2, -0.15) is 0 Å². The van der Waals surface area contributed by atoms with Gasteiger partial charge in [0.15, 0.2) is 5.82 Å². The summed E-state index contributed by atoms with van der Waals surface area (Å²) in [5, 5.41) is 6.68. The highest BCUT2D eigenvalue weighted by atomic mass is 16.5. The standard InChI is InChI=1S/C19H24N4O3/c1-12-11-13(19(24)25-2)3-5-16(12)22-17-6-4-15(20)18(23-17)21-14-7-9-26-10-8-14/h3-6,11,14H,7-10,20H2,1-2H3,(H2,21,22,23). The number of esters is 1. The van der Waals surface area contributed by atoms with Gasteiger partial charge in [0.25, 0.3) is 0 Å². The molecule has 2 aromatic rings. The SMILES string of the molecule is COC(=O)c1ccc(Nc2ccc(N)c(NC3CCOCC3)n2)c(C)c1. The van der Waals surface area contributed by atoms with Crippen LogP contribution in [0.3, 0.4) is 0 Å². The molecular formula is C19H24N4O3. The van der Waals surface area contributed by atoms with Crippen molar-refractivity contribution in [1.82, 2.24) is 4.98 Å². The third-order valence-electron chi connectivity index (χ3n) is 4.40. The number of hydrogen-bond donors (Lipinski definition) is 3. The van der Waals surface area contributed by atoms with Crippen LogP contribution < -0.4 is 16.4 Å². The first-order chi connectivity index (χ1) is 12.6. The van der Waals surface area contributed by atoms with Gasteiger partial charge in [0, 0.05) is 24.9 Å². The molecule has 138 valence electrons. The maximum atomic E-state index is 11.6. The number of carbonyl (C=O) groups is 1. The second kappa shape index (κ2) is 8.05. The number of nitrogens with zero attached hydrogens (tertiary/aromatic N) is 1. The number of benzene rings is 1. The summed E-state index contributed by atoms with van der Waals surface area (Å²) in [6.45, 7) is 3.43. The fraction of sp³-hybridized carbons (Fsp3) is 0.368. The molecule has 1 aliphatic heterocycles. The largest absolute Gasteiger partial charge is 0.465 e. The fourth-order valence-electron chi connectivity index (χ4n) is 2.88. The zero-order chi connectivity index (χ0) is 18.5. The molecule has 1 aromatic heterocycles. The molecule has 1 saturated heterocycles. The van der Waals surface area contributed by atoms with Crippen molar-refractivity contribution in [3.8, 4) is 0 Å². The molecule has 4 N–H and O–H groups in total. The molecule has 1 aliphatic rings. The lowest BCUT2D eigenvalue weighted by atomic mass is 10.1. The van der Waals surface area contributed by atoms with E-state index in [0.717, 1.165) is 37.3 Å². The highest BCUT2D eigenvalue weighted by molar-refractivity contribution is 5.90. The molecule has 7 heteroatoms. The van der Waals surface area contributed by atoms with E-state index < -0.39 is 0 Å². The van der Waals surface area contributed by atoms with Crippen molar-refractivity contribution in [3.63, 3.8) is 0 Å². The van der Waals surface area contributed by atoms with Gasteiger partial charge in [-0.25, -0.2) is 9.78 Å². The Morgan fingerprint density at radius 1 is 1.27 bits per heavy atom. The topological polar surface area (TPSA) is 98.5 Å². The Morgan fingerprint density at radius 3 is 2.73 bits per heavy atom. The third-order valence-corrected chi connectivity index (χ3v) is 4.40. The number of rotatable bonds is 5. The lowest BCUT2D eigenvalue weighted by Gasteiger charge is -2.24. The molecule has 0 aliphatic carbocycles. The lowest BCUT2D eigenvalue weighted by Crippen LogP contribution is -2.28. The van der Waals surface area contributed by atoms with Crippen LogP contribution in [0.1, 0.15) is 28.8 Å². The number of aryl methyl sites for hydroxylation is 1. The highest BCUT2D eigenvalue weighted by Gasteiger charge is 2.16. The summed E-state index contributed by atoms with van der Waals surface area (Å²) in [6.07, 6.45) is 1.87. The molecule has 1 fully saturated rings. The van der Waals surface area contributed by atoms with Gasteiger partial charge >= 0.3 is 5.97 Å². The Morgan fingerprint density at radius 2 is 2.04 bits per heavy atom. The molecule has 0 saturated carbocycles. The van der Waals surface area contributed by atoms with Crippen molar-refractivity contribution < 1.29 is 14.3 Å². The van der Waals surface area contributed by atoms with Crippen molar-refractivity contribution in [2.24, 2.45) is 0 Å². The van der Waals surface area contributed by atoms with Crippen molar-refractivity contribution >= 4 is 29.0 Å². The van der Waals surface area contributed by atoms with E-state index in [4.69, 9.17) is 15.2 Å². The number of nitrogen functional groups attached to an aromatic ring is 1. The normalized spacial score (nSPS) is 14.7. The van der Waals surface area contributed by atoms with E-state index in [1.54, 1.807) is 12.1 Å². The number of pyridine rings is 1. The summed E-state index contributed by atoms with van der Waals surface area (Å²) >= 11 is 0. The van der Waals surface area contributed by atoms with E-state index in [-0.39, 0.29) is 5.97 Å². The quantitative estimate of drug-likeness (QED) is 0.708. The van der Waals surface area contributed by atoms with Gasteiger partial charge < -0.3 is 25.8 Å². The predicted octanol–water partition coefficient (Wildman–Crippen LogP) is 3.09. The van der Waals surface area contributed by atoms with Gasteiger partial charge in [0.05, 0.1) is 18.4 Å². The maximum Gasteiger partial charge on any atom is 0.337 e. The monoisotopic (exact) mass is 356 g/mol. The van der Waals surface area contributed by atoms with Crippen LogP contribution in [0.5, 0.6) is 0 Å². The zero-order valence-corrected chi connectivity index (χ0v) is 15.0. The first-order valence-corrected chi connectivity index (χ1v) is 8.63. The van der Waals surface area contributed by atoms with Gasteiger partial charge in [0.2, 0.25) is 0 Å². The molecule has 0 atom stereocenters. The number of aromatic nitrogens is 1. The summed E-state index contributed by atoms with van der Waals surface area (Å²) in [5.41, 5.74) is 8.98. The van der Waals surface area contributed by atoms with E-state index in [9.17, 15) is 4.79 Å². The van der Waals surface area contributed by atoms with E-state index in [0.29, 0.717) is 28.9 Å². The predicted molar refractivity (Wildman–Crippen MR) is 102 cm³/mol. The molecule has 0 bridgehead atoms. The smallest absolute Gasteiger partial charge is 0.337 e. The van der Waals surface area contributed by atoms with Crippen LogP contribution in [0.2, 0.25) is 0 Å². The van der Waals surface area contributed by atoms with Crippen LogP contribution in [0.25, 0.3) is 0 Å². The van der Waals surface area contributed by atoms with Gasteiger partial charge in [0.1, 0.15) is 5.82 Å². The van der Waals surface area contributed by atoms with Gasteiger partial charge in [-0.05, 0) is 55.7 Å². The van der Waals surface area contributed by atoms with Crippen molar-refractivity contribution in [1.29, 1.82) is 0 Å². The zero-order valence-electron chi connectivity index (χ0n) is 15.0. The minimum Gasteiger partial charge on any atom is -0.465 e. The number of methoxy groups -OCH3 is 1. The molecule has 0 amide bonds. The molecule has 0 radical (unpaired) electrons. The summed E-state index contributed by atoms with van der Waals surface area (Å²) in [7, 11) is 1.37. The van der Waals surface area contributed by atoms with Crippen LogP contribution in [-0.2, 0) is 9.47 Å². The second-order valence-electron chi connectivity index (χ2n) is 6.31. The van der Waals surface area contributed by atoms with E-state index >= 15 is 0 Å². The summed E-state index contributed by atoms with van der Waals surface area (Å²) in [6, 6.07) is 9.32. The first-order valence-electron chi connectivity index (χ1n) is 8.63. The Labute approximate surface area is 152 Å². The number of nitrogens with two attached hydrogens (primary N) is 1. The van der Waals surface area contributed by atoms with E-state index in [1.807, 2.05) is 25.1 Å². The van der Waals surface area contributed by atoms with Crippen molar-refractivity contribution in [2.75, 3.05) is 36.7 Å². The summed E-state index contributed by atoms with van der Waals surface area (Å²) in [5.74, 6) is 1.00. The maximum absolute atomic E-state index is 11.6. The van der Waals surface area contributed by atoms with E-state index in [1.165, 1.54) is 7.11 Å². The fourth-order valence-corrected chi connectivity index (χ4v) is 2.88. The number of nitrogens with one attached hydrogen (secondary N) is 2. The Hall–Kier alpha value is -2.80. The second-order valence-corrected chi connectivity index (χ2v) is 6.31. The number of anilines is 4. The molecule has 7 nitrogen and oxygen atoms in total. The van der Waals surface area contributed by atoms with Crippen LogP contribution in [-0.4, -0.2) is 37.3 Å².